The minimum Gasteiger partial charge on any atom is -0.452 e. The monoisotopic (exact) mass is 273 g/mol. The molecule has 0 aromatic heterocycles. The van der Waals surface area contributed by atoms with Crippen molar-refractivity contribution < 1.29 is 9.53 Å². The Balaban J connectivity index is 2.02. The van der Waals surface area contributed by atoms with Gasteiger partial charge in [-0.2, -0.15) is 0 Å². The maximum absolute atomic E-state index is 12.0. The van der Waals surface area contributed by atoms with E-state index < -0.39 is 5.60 Å². The van der Waals surface area contributed by atoms with Gasteiger partial charge in [-0.15, -0.1) is 0 Å². The highest BCUT2D eigenvalue weighted by Crippen LogP contribution is 2.49. The summed E-state index contributed by atoms with van der Waals surface area (Å²) in [5.41, 5.74) is 0.715. The largest absolute Gasteiger partial charge is 0.452 e. The van der Waals surface area contributed by atoms with E-state index in [-0.39, 0.29) is 5.97 Å². The summed E-state index contributed by atoms with van der Waals surface area (Å²) in [5.74, 6) is 0.546. The molecule has 3 aliphatic rings. The number of carbonyl (C=O) groups is 1. The van der Waals surface area contributed by atoms with Gasteiger partial charge in [0.25, 0.3) is 0 Å². The summed E-state index contributed by atoms with van der Waals surface area (Å²) >= 11 is 0. The number of hydrogen-bond acceptors (Lipinski definition) is 3. The summed E-state index contributed by atoms with van der Waals surface area (Å²) in [6.45, 7) is 2.99. The van der Waals surface area contributed by atoms with Crippen molar-refractivity contribution in [1.29, 1.82) is 0 Å². The Morgan fingerprint density at radius 1 is 1.35 bits per heavy atom. The highest BCUT2D eigenvalue weighted by Gasteiger charge is 2.53. The Morgan fingerprint density at radius 2 is 2.10 bits per heavy atom. The summed E-state index contributed by atoms with van der Waals surface area (Å²) in [7, 11) is 2.16. The SMILES string of the molecule is CCC(=O)O[C@]1(c2ccccc2)C[C@@H]2CC[C@H]1N(C)C2. The lowest BCUT2D eigenvalue weighted by Gasteiger charge is -2.55. The van der Waals surface area contributed by atoms with Crippen molar-refractivity contribution in [3.05, 3.63) is 35.9 Å². The van der Waals surface area contributed by atoms with Crippen LogP contribution in [-0.4, -0.2) is 30.5 Å². The number of piperidine rings is 2. The van der Waals surface area contributed by atoms with Gasteiger partial charge < -0.3 is 4.74 Å². The number of fused-ring (bicyclic) bond motifs is 3. The summed E-state index contributed by atoms with van der Waals surface area (Å²) in [4.78, 5) is 14.4. The molecule has 3 fully saturated rings. The molecule has 3 heteroatoms. The van der Waals surface area contributed by atoms with E-state index >= 15 is 0 Å². The lowest BCUT2D eigenvalue weighted by atomic mass is 9.67. The van der Waals surface area contributed by atoms with E-state index in [1.54, 1.807) is 0 Å². The normalized spacial score (nSPS) is 33.1. The van der Waals surface area contributed by atoms with Gasteiger partial charge in [0, 0.05) is 13.0 Å². The molecule has 2 heterocycles. The standard InChI is InChI=1S/C17H23NO2/c1-3-16(19)20-17(14-7-5-4-6-8-14)11-13-9-10-15(17)18(2)12-13/h4-8,13,15H,3,9-12H2,1-2H3/t13-,15+,17-/m0/s1. The van der Waals surface area contributed by atoms with Crippen LogP contribution in [0.4, 0.5) is 0 Å². The van der Waals surface area contributed by atoms with E-state index in [0.29, 0.717) is 18.4 Å². The molecule has 1 aromatic carbocycles. The molecule has 0 spiro atoms. The average molecular weight is 273 g/mol. The van der Waals surface area contributed by atoms with E-state index in [1.165, 1.54) is 6.42 Å². The molecule has 0 N–H and O–H groups in total. The van der Waals surface area contributed by atoms with E-state index in [9.17, 15) is 4.79 Å². The fourth-order valence-electron chi connectivity index (χ4n) is 4.03. The third-order valence-electron chi connectivity index (χ3n) is 4.90. The Bertz CT molecular complexity index is 487. The van der Waals surface area contributed by atoms with Crippen LogP contribution in [-0.2, 0) is 15.1 Å². The molecule has 0 radical (unpaired) electrons. The van der Waals surface area contributed by atoms with Gasteiger partial charge >= 0.3 is 5.97 Å². The molecule has 0 amide bonds. The molecule has 1 aliphatic carbocycles. The van der Waals surface area contributed by atoms with E-state index in [4.69, 9.17) is 4.74 Å². The van der Waals surface area contributed by atoms with Crippen LogP contribution in [0.3, 0.4) is 0 Å². The van der Waals surface area contributed by atoms with Crippen LogP contribution in [0.1, 0.15) is 38.2 Å². The number of nitrogens with zero attached hydrogens (tertiary/aromatic N) is 1. The van der Waals surface area contributed by atoms with Crippen LogP contribution < -0.4 is 0 Å². The van der Waals surface area contributed by atoms with Crippen molar-refractivity contribution in [1.82, 2.24) is 4.90 Å². The van der Waals surface area contributed by atoms with E-state index in [0.717, 1.165) is 24.9 Å². The first kappa shape index (κ1) is 13.6. The zero-order valence-electron chi connectivity index (χ0n) is 12.3. The number of ether oxygens (including phenoxy) is 1. The molecule has 2 aliphatic heterocycles. The zero-order chi connectivity index (χ0) is 14.2. The molecular formula is C17H23NO2. The quantitative estimate of drug-likeness (QED) is 0.793. The fourth-order valence-corrected chi connectivity index (χ4v) is 4.03. The Kier molecular flexibility index (Phi) is 3.55. The first-order valence-electron chi connectivity index (χ1n) is 7.63. The lowest BCUT2D eigenvalue weighted by molar-refractivity contribution is -0.189. The van der Waals surface area contributed by atoms with E-state index in [2.05, 4.69) is 24.1 Å². The van der Waals surface area contributed by atoms with Crippen LogP contribution in [0.15, 0.2) is 30.3 Å². The molecule has 2 saturated heterocycles. The molecule has 20 heavy (non-hydrogen) atoms. The Labute approximate surface area is 120 Å². The number of benzene rings is 1. The molecule has 0 unspecified atom stereocenters. The second-order valence-electron chi connectivity index (χ2n) is 6.19. The highest BCUT2D eigenvalue weighted by atomic mass is 16.6. The number of rotatable bonds is 3. The van der Waals surface area contributed by atoms with Crippen molar-refractivity contribution in [2.45, 2.75) is 44.2 Å². The van der Waals surface area contributed by atoms with Crippen LogP contribution in [0.2, 0.25) is 0 Å². The molecule has 108 valence electrons. The van der Waals surface area contributed by atoms with Crippen molar-refractivity contribution in [2.24, 2.45) is 5.92 Å². The minimum atomic E-state index is -0.440. The van der Waals surface area contributed by atoms with Crippen molar-refractivity contribution >= 4 is 5.97 Å². The number of esters is 1. The van der Waals surface area contributed by atoms with Crippen LogP contribution >= 0.6 is 0 Å². The van der Waals surface area contributed by atoms with Crippen LogP contribution in [0.5, 0.6) is 0 Å². The molecule has 1 saturated carbocycles. The summed E-state index contributed by atoms with van der Waals surface area (Å²) in [6, 6.07) is 10.6. The predicted octanol–water partition coefficient (Wildman–Crippen LogP) is 2.95. The van der Waals surface area contributed by atoms with Gasteiger partial charge in [-0.3, -0.25) is 9.69 Å². The van der Waals surface area contributed by atoms with Gasteiger partial charge in [-0.25, -0.2) is 0 Å². The molecular weight excluding hydrogens is 250 g/mol. The second-order valence-corrected chi connectivity index (χ2v) is 6.19. The van der Waals surface area contributed by atoms with Crippen LogP contribution in [0, 0.1) is 5.92 Å². The van der Waals surface area contributed by atoms with Gasteiger partial charge in [0.05, 0.1) is 6.04 Å². The number of likely N-dealkylation sites (N-methyl/N-ethyl adjacent to an activating group) is 1. The minimum absolute atomic E-state index is 0.0881. The third kappa shape index (κ3) is 2.14. The van der Waals surface area contributed by atoms with Crippen LogP contribution in [0.25, 0.3) is 0 Å². The first-order valence-corrected chi connectivity index (χ1v) is 7.63. The first-order chi connectivity index (χ1) is 9.65. The lowest BCUT2D eigenvalue weighted by Crippen LogP contribution is -2.61. The topological polar surface area (TPSA) is 29.5 Å². The van der Waals surface area contributed by atoms with Crippen molar-refractivity contribution in [3.8, 4) is 0 Å². The summed E-state index contributed by atoms with van der Waals surface area (Å²) < 4.78 is 6.04. The van der Waals surface area contributed by atoms with Gasteiger partial charge in [0.15, 0.2) is 5.60 Å². The Hall–Kier alpha value is -1.35. The molecule has 3 atom stereocenters. The maximum atomic E-state index is 12.0. The summed E-state index contributed by atoms with van der Waals surface area (Å²) in [6.07, 6.45) is 3.79. The summed E-state index contributed by atoms with van der Waals surface area (Å²) in [5, 5.41) is 0. The fraction of sp³-hybridized carbons (Fsp3) is 0.588. The molecule has 2 bridgehead atoms. The zero-order valence-corrected chi connectivity index (χ0v) is 12.3. The van der Waals surface area contributed by atoms with Gasteiger partial charge in [0.2, 0.25) is 0 Å². The molecule has 1 aromatic rings. The second kappa shape index (κ2) is 5.21. The smallest absolute Gasteiger partial charge is 0.306 e. The average Bonchev–Trinajstić information content (AvgIpc) is 2.48. The highest BCUT2D eigenvalue weighted by molar-refractivity contribution is 5.70. The van der Waals surface area contributed by atoms with Gasteiger partial charge in [-0.05, 0) is 37.8 Å². The maximum Gasteiger partial charge on any atom is 0.306 e. The molecule has 3 nitrogen and oxygen atoms in total. The Morgan fingerprint density at radius 3 is 2.70 bits per heavy atom. The number of hydrogen-bond donors (Lipinski definition) is 0. The van der Waals surface area contributed by atoms with E-state index in [1.807, 2.05) is 25.1 Å². The predicted molar refractivity (Wildman–Crippen MR) is 78.3 cm³/mol. The van der Waals surface area contributed by atoms with Crippen molar-refractivity contribution in [3.63, 3.8) is 0 Å². The third-order valence-corrected chi connectivity index (χ3v) is 4.90. The number of carbonyl (C=O) groups excluding carboxylic acids is 1. The molecule has 4 rings (SSSR count). The van der Waals surface area contributed by atoms with Crippen molar-refractivity contribution in [2.75, 3.05) is 13.6 Å². The van der Waals surface area contributed by atoms with Gasteiger partial charge in [0.1, 0.15) is 0 Å². The van der Waals surface area contributed by atoms with Gasteiger partial charge in [-0.1, -0.05) is 37.3 Å².